The van der Waals surface area contributed by atoms with Crippen LogP contribution >= 0.6 is 0 Å². The molecule has 1 unspecified atom stereocenters. The molecule has 0 saturated heterocycles. The Bertz CT molecular complexity index is 1230. The summed E-state index contributed by atoms with van der Waals surface area (Å²) in [6, 6.07) is 15.2. The van der Waals surface area contributed by atoms with Crippen LogP contribution in [0.2, 0.25) is 0 Å². The molecule has 2 aromatic heterocycles. The highest BCUT2D eigenvalue weighted by Crippen LogP contribution is 2.24. The fraction of sp³-hybridized carbons (Fsp3) is 0.182. The lowest BCUT2D eigenvalue weighted by Crippen LogP contribution is -2.29. The maximum Gasteiger partial charge on any atom is 0.299 e. The van der Waals surface area contributed by atoms with Gasteiger partial charge in [-0.15, -0.1) is 0 Å². The van der Waals surface area contributed by atoms with Gasteiger partial charge in [0.25, 0.3) is 11.1 Å². The lowest BCUT2D eigenvalue weighted by molar-refractivity contribution is -0.121. The molecule has 4 aromatic rings. The van der Waals surface area contributed by atoms with Crippen LogP contribution in [-0.2, 0) is 11.3 Å². The largest absolute Gasteiger partial charge is 0.350 e. The molecule has 1 amide bonds. The highest BCUT2D eigenvalue weighted by molar-refractivity contribution is 5.87. The van der Waals surface area contributed by atoms with Crippen LogP contribution in [0.5, 0.6) is 0 Å². The summed E-state index contributed by atoms with van der Waals surface area (Å²) in [6.07, 6.45) is 1.48. The van der Waals surface area contributed by atoms with E-state index in [-0.39, 0.29) is 36.3 Å². The molecule has 30 heavy (non-hydrogen) atoms. The van der Waals surface area contributed by atoms with E-state index in [0.29, 0.717) is 16.8 Å². The first kappa shape index (κ1) is 19.5. The number of benzene rings is 2. The first-order chi connectivity index (χ1) is 14.5. The number of nitrogens with one attached hydrogen (secondary N) is 1. The van der Waals surface area contributed by atoms with Crippen LogP contribution in [0.3, 0.4) is 0 Å². The summed E-state index contributed by atoms with van der Waals surface area (Å²) >= 11 is 0. The van der Waals surface area contributed by atoms with Gasteiger partial charge < -0.3 is 9.84 Å². The molecule has 0 fully saturated rings. The summed E-state index contributed by atoms with van der Waals surface area (Å²) in [5.74, 6) is -0.551. The van der Waals surface area contributed by atoms with E-state index in [1.807, 2.05) is 37.3 Å². The Balaban J connectivity index is 1.47. The minimum Gasteiger partial charge on any atom is -0.350 e. The van der Waals surface area contributed by atoms with Gasteiger partial charge in [-0.3, -0.25) is 14.2 Å². The van der Waals surface area contributed by atoms with Gasteiger partial charge in [0.05, 0.1) is 12.4 Å². The third-order valence-corrected chi connectivity index (χ3v) is 4.82. The van der Waals surface area contributed by atoms with Crippen molar-refractivity contribution in [3.8, 4) is 11.3 Å². The first-order valence-electron chi connectivity index (χ1n) is 9.48. The highest BCUT2D eigenvalue weighted by Gasteiger charge is 2.17. The molecule has 0 aliphatic heterocycles. The summed E-state index contributed by atoms with van der Waals surface area (Å²) in [4.78, 5) is 29.2. The average Bonchev–Trinajstić information content (AvgIpc) is 3.19. The number of carbonyl (C=O) groups is 1. The van der Waals surface area contributed by atoms with Gasteiger partial charge in [-0.2, -0.15) is 0 Å². The van der Waals surface area contributed by atoms with Gasteiger partial charge >= 0.3 is 0 Å². The number of rotatable bonds is 6. The molecule has 0 saturated carbocycles. The van der Waals surface area contributed by atoms with Crippen LogP contribution in [0.4, 0.5) is 4.39 Å². The zero-order valence-electron chi connectivity index (χ0n) is 16.2. The number of hydrogen-bond acceptors (Lipinski definition) is 5. The van der Waals surface area contributed by atoms with E-state index < -0.39 is 5.56 Å². The number of aryl methyl sites for hydroxylation is 1. The molecule has 0 spiro atoms. The molecule has 0 aliphatic carbocycles. The van der Waals surface area contributed by atoms with E-state index in [2.05, 4.69) is 15.5 Å². The molecular weight excluding hydrogens is 387 g/mol. The smallest absolute Gasteiger partial charge is 0.299 e. The summed E-state index contributed by atoms with van der Waals surface area (Å²) in [6.45, 7) is 2.06. The van der Waals surface area contributed by atoms with Crippen molar-refractivity contribution in [1.29, 1.82) is 0 Å². The predicted molar refractivity (Wildman–Crippen MR) is 109 cm³/mol. The van der Waals surface area contributed by atoms with Crippen molar-refractivity contribution >= 4 is 17.0 Å². The topological polar surface area (TPSA) is 90.0 Å². The minimum atomic E-state index is -0.426. The zero-order chi connectivity index (χ0) is 21.1. The number of fused-ring (bicyclic) bond motifs is 1. The van der Waals surface area contributed by atoms with Gasteiger partial charge in [-0.1, -0.05) is 35.5 Å². The second-order valence-electron chi connectivity index (χ2n) is 6.91. The summed E-state index contributed by atoms with van der Waals surface area (Å²) in [7, 11) is 0. The number of halogens is 1. The molecule has 1 atom stereocenters. The van der Waals surface area contributed by atoms with Gasteiger partial charge in [-0.05, 0) is 36.8 Å². The predicted octanol–water partition coefficient (Wildman–Crippen LogP) is 3.46. The van der Waals surface area contributed by atoms with Crippen LogP contribution in [-0.4, -0.2) is 20.6 Å². The maximum atomic E-state index is 13.1. The highest BCUT2D eigenvalue weighted by atomic mass is 19.1. The van der Waals surface area contributed by atoms with Crippen molar-refractivity contribution in [2.75, 3.05) is 0 Å². The van der Waals surface area contributed by atoms with Gasteiger partial charge in [-0.25, -0.2) is 9.37 Å². The van der Waals surface area contributed by atoms with Gasteiger partial charge in [0, 0.05) is 18.5 Å². The number of carbonyl (C=O) groups excluding carboxylic acids is 1. The summed E-state index contributed by atoms with van der Waals surface area (Å²) < 4.78 is 19.6. The van der Waals surface area contributed by atoms with Gasteiger partial charge in [0.2, 0.25) is 5.91 Å². The number of nitrogens with zero attached hydrogens (tertiary/aromatic N) is 3. The molecule has 4 rings (SSSR count). The van der Waals surface area contributed by atoms with E-state index >= 15 is 0 Å². The average molecular weight is 406 g/mol. The molecule has 7 nitrogen and oxygen atoms in total. The van der Waals surface area contributed by atoms with Gasteiger partial charge in [0.1, 0.15) is 17.0 Å². The van der Waals surface area contributed by atoms with Crippen LogP contribution in [0, 0.1) is 5.82 Å². The van der Waals surface area contributed by atoms with Crippen molar-refractivity contribution in [2.24, 2.45) is 0 Å². The number of aromatic nitrogens is 3. The number of hydrogen-bond donors (Lipinski definition) is 1. The normalized spacial score (nSPS) is 12.1. The Labute approximate surface area is 171 Å². The quantitative estimate of drug-likeness (QED) is 0.530. The third-order valence-electron chi connectivity index (χ3n) is 4.82. The van der Waals surface area contributed by atoms with E-state index in [0.717, 1.165) is 5.56 Å². The van der Waals surface area contributed by atoms with Crippen molar-refractivity contribution < 1.29 is 13.7 Å². The van der Waals surface area contributed by atoms with Crippen LogP contribution in [0.25, 0.3) is 22.4 Å². The third kappa shape index (κ3) is 3.98. The SMILES string of the molecule is CC(NC(=O)CCn1cnc2c(-c3ccc(F)cc3)noc2c1=O)c1ccccc1. The lowest BCUT2D eigenvalue weighted by atomic mass is 10.1. The molecule has 0 aliphatic rings. The Hall–Kier alpha value is -3.81. The summed E-state index contributed by atoms with van der Waals surface area (Å²) in [5, 5.41) is 6.82. The van der Waals surface area contributed by atoms with Crippen LogP contribution < -0.4 is 10.9 Å². The van der Waals surface area contributed by atoms with E-state index in [1.54, 1.807) is 0 Å². The summed E-state index contributed by atoms with van der Waals surface area (Å²) in [5.41, 5.74) is 1.82. The molecule has 0 bridgehead atoms. The van der Waals surface area contributed by atoms with Gasteiger partial charge in [0.15, 0.2) is 0 Å². The number of amides is 1. The second-order valence-corrected chi connectivity index (χ2v) is 6.91. The van der Waals surface area contributed by atoms with Crippen molar-refractivity contribution in [3.63, 3.8) is 0 Å². The Morgan fingerprint density at radius 2 is 1.90 bits per heavy atom. The molecule has 1 N–H and O–H groups in total. The van der Waals surface area contributed by atoms with Crippen LogP contribution in [0.15, 0.2) is 70.2 Å². The van der Waals surface area contributed by atoms with Crippen molar-refractivity contribution in [2.45, 2.75) is 25.9 Å². The second kappa shape index (κ2) is 8.28. The molecule has 152 valence electrons. The fourth-order valence-corrected chi connectivity index (χ4v) is 3.17. The standard InChI is InChI=1S/C22H19FN4O3/c1-14(15-5-3-2-4-6-15)25-18(28)11-12-27-13-24-20-19(26-30-21(20)22(27)29)16-7-9-17(23)10-8-16/h2-10,13-14H,11-12H2,1H3,(H,25,28). The molecule has 2 aromatic carbocycles. The van der Waals surface area contributed by atoms with Crippen molar-refractivity contribution in [1.82, 2.24) is 20.0 Å². The van der Waals surface area contributed by atoms with Crippen LogP contribution in [0.1, 0.15) is 24.9 Å². The molecule has 0 radical (unpaired) electrons. The molecular formula is C22H19FN4O3. The Morgan fingerprint density at radius 1 is 1.17 bits per heavy atom. The zero-order valence-corrected chi connectivity index (χ0v) is 16.2. The lowest BCUT2D eigenvalue weighted by Gasteiger charge is -2.14. The van der Waals surface area contributed by atoms with Crippen molar-refractivity contribution in [3.05, 3.63) is 82.7 Å². The van der Waals surface area contributed by atoms with E-state index in [4.69, 9.17) is 4.52 Å². The van der Waals surface area contributed by atoms with E-state index in [1.165, 1.54) is 35.2 Å². The minimum absolute atomic E-state index is 0.00473. The first-order valence-corrected chi connectivity index (χ1v) is 9.48. The molecule has 2 heterocycles. The fourth-order valence-electron chi connectivity index (χ4n) is 3.17. The monoisotopic (exact) mass is 406 g/mol. The Kier molecular flexibility index (Phi) is 5.38. The Morgan fingerprint density at radius 3 is 2.63 bits per heavy atom. The van der Waals surface area contributed by atoms with E-state index in [9.17, 15) is 14.0 Å². The molecule has 8 heteroatoms. The maximum absolute atomic E-state index is 13.1.